The van der Waals surface area contributed by atoms with Crippen molar-refractivity contribution in [1.82, 2.24) is 5.32 Å². The number of carbonyl (C=O) groups is 1. The second-order valence-corrected chi connectivity index (χ2v) is 25.3. The number of amides is 1. The number of nitrogens with one attached hydrogen (secondary N) is 1. The molecule has 0 aromatic heterocycles. The van der Waals surface area contributed by atoms with Crippen LogP contribution in [0.15, 0.2) is 72.9 Å². The first-order chi connectivity index (χ1) is 44.3. The summed E-state index contributed by atoms with van der Waals surface area (Å²) in [5.74, 6) is -0.287. The van der Waals surface area contributed by atoms with Gasteiger partial charge in [-0.2, -0.15) is 0 Å². The van der Waals surface area contributed by atoms with Crippen LogP contribution in [0, 0.1) is 0 Å². The second kappa shape index (κ2) is 53.4. The minimum absolute atomic E-state index is 0.232. The number of hydrogen-bond acceptors (Lipinski definition) is 18. The molecule has 3 aliphatic heterocycles. The lowest BCUT2D eigenvalue weighted by Crippen LogP contribution is -2.66. The molecule has 19 nitrogen and oxygen atoms in total. The van der Waals surface area contributed by atoms with E-state index in [0.29, 0.717) is 12.8 Å². The van der Waals surface area contributed by atoms with E-state index in [1.165, 1.54) is 141 Å². The average molecular weight is 1290 g/mol. The summed E-state index contributed by atoms with van der Waals surface area (Å²) in [5.41, 5.74) is 0. The van der Waals surface area contributed by atoms with E-state index in [9.17, 15) is 61.0 Å². The van der Waals surface area contributed by atoms with Gasteiger partial charge in [0.05, 0.1) is 38.6 Å². The third-order valence-electron chi connectivity index (χ3n) is 17.5. The lowest BCUT2D eigenvalue weighted by atomic mass is 9.96. The van der Waals surface area contributed by atoms with Crippen LogP contribution in [0.25, 0.3) is 0 Å². The van der Waals surface area contributed by atoms with Gasteiger partial charge in [0.15, 0.2) is 18.9 Å². The summed E-state index contributed by atoms with van der Waals surface area (Å²) in [6.45, 7) is 1.61. The van der Waals surface area contributed by atoms with Gasteiger partial charge in [-0.1, -0.05) is 241 Å². The molecule has 17 unspecified atom stereocenters. The molecule has 0 aromatic rings. The van der Waals surface area contributed by atoms with E-state index in [-0.39, 0.29) is 18.9 Å². The van der Waals surface area contributed by atoms with Crippen LogP contribution in [0.1, 0.15) is 245 Å². The molecule has 0 aromatic carbocycles. The normalized spacial score (nSPS) is 28.3. The van der Waals surface area contributed by atoms with Gasteiger partial charge in [-0.15, -0.1) is 0 Å². The standard InChI is InChI=1S/C72H127NO18/c1-3-5-7-9-11-13-15-17-19-21-23-24-25-26-27-28-29-30-32-34-36-38-40-42-44-46-48-50-60(78)73-55(56(77)49-47-45-43-41-39-37-35-33-31-22-20-18-16-14-12-10-8-6-4-2)54-86-70-66(84)63(81)68(58(52-75)88-70)91-72-67(85)64(82)69(59(53-76)89-72)90-71-65(83)62(80)61(79)57(51-74)87-71/h5,7,11,13,17,19,23-24,39,41,47,49,55-59,61-72,74-77,79-85H,3-4,6,8-10,12,14-16,18,20-22,25-38,40,42-46,48,50-54H2,1-2H3,(H,73,78)/b7-5-,13-11-,19-17-,24-23-,41-39+,49-47+. The van der Waals surface area contributed by atoms with Crippen LogP contribution in [0.5, 0.6) is 0 Å². The molecule has 19 heteroatoms. The van der Waals surface area contributed by atoms with Crippen molar-refractivity contribution < 1.29 is 89.4 Å². The van der Waals surface area contributed by atoms with E-state index in [2.05, 4.69) is 79.9 Å². The van der Waals surface area contributed by atoms with E-state index >= 15 is 0 Å². The topological polar surface area (TPSA) is 307 Å². The maximum absolute atomic E-state index is 13.4. The molecule has 12 N–H and O–H groups in total. The van der Waals surface area contributed by atoms with Gasteiger partial charge in [-0.05, 0) is 70.6 Å². The smallest absolute Gasteiger partial charge is 0.220 e. The molecule has 0 radical (unpaired) electrons. The van der Waals surface area contributed by atoms with Crippen molar-refractivity contribution >= 4 is 5.91 Å². The number of unbranched alkanes of at least 4 members (excludes halogenated alkanes) is 28. The fraction of sp³-hybridized carbons (Fsp3) is 0.819. The highest BCUT2D eigenvalue weighted by molar-refractivity contribution is 5.76. The van der Waals surface area contributed by atoms with Crippen molar-refractivity contribution in [2.75, 3.05) is 26.4 Å². The van der Waals surface area contributed by atoms with Crippen molar-refractivity contribution in [3.63, 3.8) is 0 Å². The molecule has 1 amide bonds. The number of hydrogen-bond donors (Lipinski definition) is 12. The maximum Gasteiger partial charge on any atom is 0.220 e. The summed E-state index contributed by atoms with van der Waals surface area (Å²) < 4.78 is 34.3. The SMILES string of the molecule is CC/C=C\C/C=C\C/C=C\C/C=C\CCCCCCCCCCCCCCCCC(=O)NC(COC1OC(CO)C(OC2OC(CO)C(OC3OC(CO)C(O)C(O)C3O)C(O)C2O)C(O)C1O)C(O)/C=C/CC/C=C/CCCCCCCCCCCCCCC. The zero-order valence-corrected chi connectivity index (χ0v) is 55.8. The van der Waals surface area contributed by atoms with Crippen molar-refractivity contribution in [3.05, 3.63) is 72.9 Å². The monoisotopic (exact) mass is 1290 g/mol. The average Bonchev–Trinajstić information content (AvgIpc) is 0.885. The maximum atomic E-state index is 13.4. The van der Waals surface area contributed by atoms with Crippen LogP contribution in [-0.2, 0) is 33.2 Å². The first kappa shape index (κ1) is 82.5. The molecular weight excluding hydrogens is 1170 g/mol. The Labute approximate surface area is 547 Å². The zero-order chi connectivity index (χ0) is 66.1. The summed E-state index contributed by atoms with van der Waals surface area (Å²) in [5, 5.41) is 121. The van der Waals surface area contributed by atoms with Crippen LogP contribution in [0.3, 0.4) is 0 Å². The lowest BCUT2D eigenvalue weighted by Gasteiger charge is -2.48. The summed E-state index contributed by atoms with van der Waals surface area (Å²) in [7, 11) is 0. The first-order valence-corrected chi connectivity index (χ1v) is 35.7. The van der Waals surface area contributed by atoms with Crippen LogP contribution in [0.2, 0.25) is 0 Å². The van der Waals surface area contributed by atoms with E-state index in [4.69, 9.17) is 28.4 Å². The van der Waals surface area contributed by atoms with Gasteiger partial charge in [-0.25, -0.2) is 0 Å². The highest BCUT2D eigenvalue weighted by atomic mass is 16.8. The molecule has 528 valence electrons. The van der Waals surface area contributed by atoms with Crippen molar-refractivity contribution in [2.45, 2.75) is 349 Å². The fourth-order valence-corrected chi connectivity index (χ4v) is 11.7. The number of rotatable bonds is 54. The van der Waals surface area contributed by atoms with Gasteiger partial charge < -0.3 is 89.9 Å². The van der Waals surface area contributed by atoms with E-state index < -0.39 is 124 Å². The number of carbonyl (C=O) groups excluding carboxylic acids is 1. The highest BCUT2D eigenvalue weighted by Crippen LogP contribution is 2.33. The number of allylic oxidation sites excluding steroid dienone is 11. The third-order valence-corrected chi connectivity index (χ3v) is 17.5. The van der Waals surface area contributed by atoms with Crippen LogP contribution in [-0.4, -0.2) is 193 Å². The molecule has 3 heterocycles. The third kappa shape index (κ3) is 35.2. The van der Waals surface area contributed by atoms with E-state index in [1.807, 2.05) is 6.08 Å². The van der Waals surface area contributed by atoms with Crippen LogP contribution in [0.4, 0.5) is 0 Å². The van der Waals surface area contributed by atoms with Crippen molar-refractivity contribution in [2.24, 2.45) is 0 Å². The predicted octanol–water partition coefficient (Wildman–Crippen LogP) is 9.72. The van der Waals surface area contributed by atoms with Gasteiger partial charge in [0.2, 0.25) is 5.91 Å². The zero-order valence-electron chi connectivity index (χ0n) is 55.8. The van der Waals surface area contributed by atoms with Crippen molar-refractivity contribution in [3.8, 4) is 0 Å². The number of aliphatic hydroxyl groups is 11. The summed E-state index contributed by atoms with van der Waals surface area (Å²) in [6, 6.07) is -0.994. The fourth-order valence-electron chi connectivity index (χ4n) is 11.7. The molecule has 3 fully saturated rings. The largest absolute Gasteiger partial charge is 0.394 e. The lowest BCUT2D eigenvalue weighted by molar-refractivity contribution is -0.379. The van der Waals surface area contributed by atoms with Crippen LogP contribution >= 0.6 is 0 Å². The highest BCUT2D eigenvalue weighted by Gasteiger charge is 2.53. The quantitative estimate of drug-likeness (QED) is 0.0199. The van der Waals surface area contributed by atoms with E-state index in [1.54, 1.807) is 6.08 Å². The molecule has 3 saturated heterocycles. The summed E-state index contributed by atoms with van der Waals surface area (Å²) in [6.07, 6.45) is 40.2. The number of ether oxygens (including phenoxy) is 6. The van der Waals surface area contributed by atoms with Crippen LogP contribution < -0.4 is 5.32 Å². The molecule has 3 rings (SSSR count). The Morgan fingerprint density at radius 1 is 0.407 bits per heavy atom. The Hall–Kier alpha value is -2.77. The summed E-state index contributed by atoms with van der Waals surface area (Å²) >= 11 is 0. The Morgan fingerprint density at radius 2 is 0.769 bits per heavy atom. The molecule has 0 aliphatic carbocycles. The molecular formula is C72H127NO18. The minimum Gasteiger partial charge on any atom is -0.394 e. The summed E-state index contributed by atoms with van der Waals surface area (Å²) in [4.78, 5) is 13.4. The Balaban J connectivity index is 1.43. The second-order valence-electron chi connectivity index (χ2n) is 25.3. The minimum atomic E-state index is -1.98. The van der Waals surface area contributed by atoms with Crippen molar-refractivity contribution in [1.29, 1.82) is 0 Å². The Morgan fingerprint density at radius 3 is 1.23 bits per heavy atom. The Bertz CT molecular complexity index is 1930. The van der Waals surface area contributed by atoms with Gasteiger partial charge in [0, 0.05) is 6.42 Å². The molecule has 3 aliphatic rings. The molecule has 91 heavy (non-hydrogen) atoms. The van der Waals surface area contributed by atoms with Gasteiger partial charge in [0.1, 0.15) is 73.2 Å². The molecule has 0 bridgehead atoms. The Kier molecular flexibility index (Phi) is 48.4. The predicted molar refractivity (Wildman–Crippen MR) is 355 cm³/mol. The van der Waals surface area contributed by atoms with Gasteiger partial charge >= 0.3 is 0 Å². The van der Waals surface area contributed by atoms with Gasteiger partial charge in [0.25, 0.3) is 0 Å². The number of aliphatic hydroxyl groups excluding tert-OH is 11. The molecule has 0 saturated carbocycles. The van der Waals surface area contributed by atoms with Gasteiger partial charge in [-0.3, -0.25) is 4.79 Å². The first-order valence-electron chi connectivity index (χ1n) is 35.7. The molecule has 17 atom stereocenters. The molecule has 0 spiro atoms. The van der Waals surface area contributed by atoms with E-state index in [0.717, 1.165) is 70.6 Å².